The van der Waals surface area contributed by atoms with Crippen molar-refractivity contribution in [3.05, 3.63) is 16.1 Å². The number of likely N-dealkylation sites (tertiary alicyclic amines) is 1. The van der Waals surface area contributed by atoms with Crippen LogP contribution in [0.3, 0.4) is 0 Å². The fourth-order valence-corrected chi connectivity index (χ4v) is 3.93. The van der Waals surface area contributed by atoms with E-state index < -0.39 is 0 Å². The van der Waals surface area contributed by atoms with Crippen LogP contribution >= 0.6 is 23.1 Å². The topological polar surface area (TPSA) is 50.3 Å². The molecule has 4 nitrogen and oxygen atoms in total. The van der Waals surface area contributed by atoms with Gasteiger partial charge >= 0.3 is 0 Å². The molecule has 2 unspecified atom stereocenters. The summed E-state index contributed by atoms with van der Waals surface area (Å²) in [7, 11) is 0. The minimum absolute atomic E-state index is 0.127. The summed E-state index contributed by atoms with van der Waals surface area (Å²) in [5.74, 6) is 1.54. The van der Waals surface area contributed by atoms with Crippen LogP contribution in [0.1, 0.15) is 36.9 Å². The number of thiazole rings is 1. The zero-order chi connectivity index (χ0) is 14.7. The molecular weight excluding hydrogens is 292 g/mol. The SMILES string of the molecule is CC(=O)SCC1CC(=O)N(CC(C)c2nc(C)cs2)C1. The molecule has 0 saturated carbocycles. The van der Waals surface area contributed by atoms with Gasteiger partial charge in [0, 0.05) is 49.2 Å². The number of nitrogens with zero attached hydrogens (tertiary/aromatic N) is 2. The molecule has 2 rings (SSSR count). The quantitative estimate of drug-likeness (QED) is 0.839. The molecule has 110 valence electrons. The van der Waals surface area contributed by atoms with Crippen molar-refractivity contribution in [2.24, 2.45) is 5.92 Å². The summed E-state index contributed by atoms with van der Waals surface area (Å²) in [5.41, 5.74) is 1.04. The normalized spacial score (nSPS) is 20.4. The molecule has 0 N–H and O–H groups in total. The number of aryl methyl sites for hydroxylation is 1. The van der Waals surface area contributed by atoms with Crippen LogP contribution in [0.5, 0.6) is 0 Å². The Morgan fingerprint density at radius 2 is 2.40 bits per heavy atom. The van der Waals surface area contributed by atoms with Gasteiger partial charge in [0.2, 0.25) is 5.91 Å². The average Bonchev–Trinajstić information content (AvgIpc) is 2.94. The van der Waals surface area contributed by atoms with Crippen LogP contribution in [-0.2, 0) is 9.59 Å². The van der Waals surface area contributed by atoms with Crippen LogP contribution in [-0.4, -0.2) is 39.7 Å². The maximum atomic E-state index is 12.0. The molecule has 2 heterocycles. The lowest BCUT2D eigenvalue weighted by Crippen LogP contribution is -2.29. The second-order valence-corrected chi connectivity index (χ2v) is 7.49. The Bertz CT molecular complexity index is 501. The van der Waals surface area contributed by atoms with Gasteiger partial charge in [-0.25, -0.2) is 4.98 Å². The number of hydrogen-bond donors (Lipinski definition) is 0. The summed E-state index contributed by atoms with van der Waals surface area (Å²) in [6, 6.07) is 0. The lowest BCUT2D eigenvalue weighted by atomic mass is 10.1. The van der Waals surface area contributed by atoms with Crippen LogP contribution in [0.2, 0.25) is 0 Å². The number of thioether (sulfide) groups is 1. The molecule has 6 heteroatoms. The molecule has 1 aromatic heterocycles. The van der Waals surface area contributed by atoms with E-state index in [4.69, 9.17) is 0 Å². The van der Waals surface area contributed by atoms with Gasteiger partial charge in [0.25, 0.3) is 0 Å². The molecule has 1 fully saturated rings. The van der Waals surface area contributed by atoms with Crippen molar-refractivity contribution in [1.82, 2.24) is 9.88 Å². The molecule has 0 radical (unpaired) electrons. The molecule has 1 aliphatic rings. The van der Waals surface area contributed by atoms with E-state index in [1.165, 1.54) is 11.8 Å². The molecule has 0 aromatic carbocycles. The third kappa shape index (κ3) is 4.06. The Morgan fingerprint density at radius 1 is 1.65 bits per heavy atom. The van der Waals surface area contributed by atoms with Gasteiger partial charge in [0.15, 0.2) is 5.12 Å². The van der Waals surface area contributed by atoms with Crippen LogP contribution in [0, 0.1) is 12.8 Å². The molecule has 0 aliphatic carbocycles. The first-order valence-corrected chi connectivity index (χ1v) is 8.65. The zero-order valence-corrected chi connectivity index (χ0v) is 13.7. The average molecular weight is 312 g/mol. The van der Waals surface area contributed by atoms with Gasteiger partial charge < -0.3 is 4.90 Å². The Hall–Kier alpha value is -0.880. The van der Waals surface area contributed by atoms with Gasteiger partial charge in [-0.1, -0.05) is 18.7 Å². The summed E-state index contributed by atoms with van der Waals surface area (Å²) >= 11 is 2.98. The Labute approximate surface area is 128 Å². The molecule has 20 heavy (non-hydrogen) atoms. The first-order valence-electron chi connectivity index (χ1n) is 6.79. The molecule has 1 amide bonds. The highest BCUT2D eigenvalue weighted by Gasteiger charge is 2.31. The second-order valence-electron chi connectivity index (χ2n) is 5.40. The van der Waals surface area contributed by atoms with Crippen LogP contribution in [0.15, 0.2) is 5.38 Å². The zero-order valence-electron chi connectivity index (χ0n) is 12.1. The van der Waals surface area contributed by atoms with E-state index in [0.29, 0.717) is 12.3 Å². The van der Waals surface area contributed by atoms with Gasteiger partial charge in [-0.2, -0.15) is 0 Å². The monoisotopic (exact) mass is 312 g/mol. The summed E-state index contributed by atoms with van der Waals surface area (Å²) in [4.78, 5) is 29.4. The minimum atomic E-state index is 0.127. The van der Waals surface area contributed by atoms with Crippen LogP contribution in [0.25, 0.3) is 0 Å². The highest BCUT2D eigenvalue weighted by molar-refractivity contribution is 8.13. The van der Waals surface area contributed by atoms with Crippen LogP contribution < -0.4 is 0 Å². The number of carbonyl (C=O) groups is 2. The summed E-state index contributed by atoms with van der Waals surface area (Å²) in [6.45, 7) is 7.18. The fourth-order valence-electron chi connectivity index (χ4n) is 2.38. The fraction of sp³-hybridized carbons (Fsp3) is 0.643. The van der Waals surface area contributed by atoms with E-state index in [1.54, 1.807) is 18.3 Å². The lowest BCUT2D eigenvalue weighted by molar-refractivity contribution is -0.127. The predicted molar refractivity (Wildman–Crippen MR) is 83.1 cm³/mol. The summed E-state index contributed by atoms with van der Waals surface area (Å²) < 4.78 is 0. The maximum Gasteiger partial charge on any atom is 0.222 e. The van der Waals surface area contributed by atoms with Gasteiger partial charge in [-0.05, 0) is 12.8 Å². The molecule has 1 aliphatic heterocycles. The third-order valence-corrected chi connectivity index (χ3v) is 5.61. The first-order chi connectivity index (χ1) is 9.45. The van der Waals surface area contributed by atoms with Crippen molar-refractivity contribution >= 4 is 34.1 Å². The Morgan fingerprint density at radius 3 is 3.00 bits per heavy atom. The molecule has 0 bridgehead atoms. The molecule has 2 atom stereocenters. The van der Waals surface area contributed by atoms with E-state index in [0.717, 1.165) is 29.5 Å². The van der Waals surface area contributed by atoms with Crippen LogP contribution in [0.4, 0.5) is 0 Å². The number of aromatic nitrogens is 1. The van der Waals surface area contributed by atoms with Gasteiger partial charge in [-0.15, -0.1) is 11.3 Å². The van der Waals surface area contributed by atoms with E-state index in [-0.39, 0.29) is 16.9 Å². The number of carbonyl (C=O) groups excluding carboxylic acids is 2. The van der Waals surface area contributed by atoms with Gasteiger partial charge in [-0.3, -0.25) is 9.59 Å². The van der Waals surface area contributed by atoms with Crippen molar-refractivity contribution in [3.8, 4) is 0 Å². The third-order valence-electron chi connectivity index (χ3n) is 3.37. The van der Waals surface area contributed by atoms with E-state index >= 15 is 0 Å². The minimum Gasteiger partial charge on any atom is -0.342 e. The standard InChI is InChI=1S/C14H20N2O2S2/c1-9(14-15-10(2)7-20-14)5-16-6-12(4-13(16)18)8-19-11(3)17/h7,9,12H,4-6,8H2,1-3H3. The molecule has 0 spiro atoms. The number of hydrogen-bond acceptors (Lipinski definition) is 5. The first kappa shape index (κ1) is 15.5. The van der Waals surface area contributed by atoms with E-state index in [2.05, 4.69) is 11.9 Å². The summed E-state index contributed by atoms with van der Waals surface area (Å²) in [5, 5.41) is 3.27. The second kappa shape index (κ2) is 6.72. The molecule has 1 aromatic rings. The molecule has 1 saturated heterocycles. The van der Waals surface area contributed by atoms with Crippen molar-refractivity contribution in [1.29, 1.82) is 0 Å². The number of rotatable bonds is 5. The van der Waals surface area contributed by atoms with Gasteiger partial charge in [0.05, 0.1) is 5.01 Å². The highest BCUT2D eigenvalue weighted by Crippen LogP contribution is 2.26. The van der Waals surface area contributed by atoms with Crippen molar-refractivity contribution < 1.29 is 9.59 Å². The van der Waals surface area contributed by atoms with E-state index in [1.807, 2.05) is 17.2 Å². The number of amides is 1. The Kier molecular flexibility index (Phi) is 5.21. The van der Waals surface area contributed by atoms with Crippen molar-refractivity contribution in [2.75, 3.05) is 18.8 Å². The lowest BCUT2D eigenvalue weighted by Gasteiger charge is -2.20. The van der Waals surface area contributed by atoms with Crippen molar-refractivity contribution in [3.63, 3.8) is 0 Å². The summed E-state index contributed by atoms with van der Waals surface area (Å²) in [6.07, 6.45) is 0.573. The highest BCUT2D eigenvalue weighted by atomic mass is 32.2. The van der Waals surface area contributed by atoms with Gasteiger partial charge in [0.1, 0.15) is 0 Å². The largest absolute Gasteiger partial charge is 0.342 e. The Balaban J connectivity index is 1.87. The smallest absolute Gasteiger partial charge is 0.222 e. The maximum absolute atomic E-state index is 12.0. The van der Waals surface area contributed by atoms with E-state index in [9.17, 15) is 9.59 Å². The molecular formula is C14H20N2O2S2. The van der Waals surface area contributed by atoms with Crippen molar-refractivity contribution in [2.45, 2.75) is 33.1 Å². The predicted octanol–water partition coefficient (Wildman–Crippen LogP) is 2.68.